The van der Waals surface area contributed by atoms with Crippen LogP contribution in [0.4, 0.5) is 0 Å². The molecule has 8 nitrogen and oxygen atoms in total. The molecule has 0 aliphatic rings. The molecule has 0 radical (unpaired) electrons. The van der Waals surface area contributed by atoms with Gasteiger partial charge in [0.05, 0.1) is 25.5 Å². The van der Waals surface area contributed by atoms with Crippen molar-refractivity contribution in [3.05, 3.63) is 30.0 Å². The zero-order valence-electron chi connectivity index (χ0n) is 12.6. The van der Waals surface area contributed by atoms with Crippen LogP contribution in [-0.4, -0.2) is 49.9 Å². The van der Waals surface area contributed by atoms with E-state index in [1.807, 2.05) is 0 Å². The first-order valence-electron chi connectivity index (χ1n) is 6.31. The molecule has 0 atom stereocenters. The molecular weight excluding hydrogens is 324 g/mol. The number of sulfone groups is 1. The van der Waals surface area contributed by atoms with Crippen LogP contribution < -0.4 is 9.47 Å². The number of aromatic nitrogens is 2. The highest BCUT2D eigenvalue weighted by Crippen LogP contribution is 2.37. The highest BCUT2D eigenvalue weighted by atomic mass is 32.2. The molecule has 0 saturated heterocycles. The molecule has 0 fully saturated rings. The number of hydrogen-bond donors (Lipinski definition) is 1. The quantitative estimate of drug-likeness (QED) is 0.810. The minimum absolute atomic E-state index is 0.0760. The SMILES string of the molecule is COc1cccc(OC)c1-c1cc(C(=O)O)nc(S(C)(=O)=O)n1. The number of carboxylic acids is 1. The van der Waals surface area contributed by atoms with Crippen molar-refractivity contribution in [2.75, 3.05) is 20.5 Å². The molecule has 0 aliphatic carbocycles. The molecule has 0 saturated carbocycles. The summed E-state index contributed by atoms with van der Waals surface area (Å²) < 4.78 is 33.9. The number of aromatic carboxylic acids is 1. The standard InChI is InChI=1S/C14H14N2O6S/c1-21-10-5-4-6-11(22-2)12(10)8-7-9(13(17)18)16-14(15-8)23(3,19)20/h4-7H,1-3H3,(H,17,18). The fourth-order valence-corrected chi connectivity index (χ4v) is 2.46. The summed E-state index contributed by atoms with van der Waals surface area (Å²) in [5, 5.41) is 8.57. The van der Waals surface area contributed by atoms with E-state index in [4.69, 9.17) is 14.6 Å². The number of carbonyl (C=O) groups is 1. The first-order chi connectivity index (χ1) is 10.8. The average Bonchev–Trinajstić information content (AvgIpc) is 2.52. The molecule has 0 unspecified atom stereocenters. The van der Waals surface area contributed by atoms with E-state index in [0.717, 1.165) is 12.3 Å². The van der Waals surface area contributed by atoms with Crippen LogP contribution in [0.2, 0.25) is 0 Å². The van der Waals surface area contributed by atoms with Gasteiger partial charge in [-0.1, -0.05) is 6.07 Å². The Kier molecular flexibility index (Phi) is 4.50. The lowest BCUT2D eigenvalue weighted by molar-refractivity contribution is 0.0689. The van der Waals surface area contributed by atoms with Crippen LogP contribution in [0.5, 0.6) is 11.5 Å². The zero-order chi connectivity index (χ0) is 17.2. The van der Waals surface area contributed by atoms with Gasteiger partial charge in [-0.2, -0.15) is 0 Å². The summed E-state index contributed by atoms with van der Waals surface area (Å²) in [7, 11) is -0.944. The first kappa shape index (κ1) is 16.7. The summed E-state index contributed by atoms with van der Waals surface area (Å²) in [6.45, 7) is 0. The van der Waals surface area contributed by atoms with Crippen molar-refractivity contribution in [1.29, 1.82) is 0 Å². The second kappa shape index (κ2) is 6.21. The minimum atomic E-state index is -3.80. The van der Waals surface area contributed by atoms with Crippen LogP contribution in [0.25, 0.3) is 11.3 Å². The number of ether oxygens (including phenoxy) is 2. The van der Waals surface area contributed by atoms with Crippen LogP contribution in [0.15, 0.2) is 29.4 Å². The number of carboxylic acid groups (broad SMARTS) is 1. The van der Waals surface area contributed by atoms with Crippen molar-refractivity contribution in [3.63, 3.8) is 0 Å². The molecule has 0 amide bonds. The number of rotatable bonds is 5. The Hall–Kier alpha value is -2.68. The third kappa shape index (κ3) is 3.39. The predicted octanol–water partition coefficient (Wildman–Crippen LogP) is 1.26. The molecule has 0 bridgehead atoms. The van der Waals surface area contributed by atoms with Crippen molar-refractivity contribution >= 4 is 15.8 Å². The van der Waals surface area contributed by atoms with Crippen molar-refractivity contribution in [1.82, 2.24) is 9.97 Å². The van der Waals surface area contributed by atoms with Crippen LogP contribution in [0.3, 0.4) is 0 Å². The van der Waals surface area contributed by atoms with Gasteiger partial charge >= 0.3 is 5.97 Å². The summed E-state index contributed by atoms with van der Waals surface area (Å²) in [6, 6.07) is 6.09. The molecule has 1 N–H and O–H groups in total. The minimum Gasteiger partial charge on any atom is -0.496 e. The van der Waals surface area contributed by atoms with Gasteiger partial charge in [0.15, 0.2) is 5.69 Å². The second-order valence-corrected chi connectivity index (χ2v) is 6.45. The maximum atomic E-state index is 11.7. The van der Waals surface area contributed by atoms with E-state index in [1.165, 1.54) is 14.2 Å². The molecule has 0 spiro atoms. The third-order valence-electron chi connectivity index (χ3n) is 2.94. The molecule has 1 aromatic heterocycles. The number of methoxy groups -OCH3 is 2. The van der Waals surface area contributed by atoms with E-state index in [9.17, 15) is 13.2 Å². The van der Waals surface area contributed by atoms with Crippen molar-refractivity contribution in [3.8, 4) is 22.8 Å². The molecule has 2 aromatic rings. The Bertz CT molecular complexity index is 841. The lowest BCUT2D eigenvalue weighted by Gasteiger charge is -2.13. The molecule has 122 valence electrons. The van der Waals surface area contributed by atoms with Crippen molar-refractivity contribution in [2.24, 2.45) is 0 Å². The zero-order valence-corrected chi connectivity index (χ0v) is 13.4. The fourth-order valence-electron chi connectivity index (χ4n) is 1.93. The van der Waals surface area contributed by atoms with E-state index in [2.05, 4.69) is 9.97 Å². The summed E-state index contributed by atoms with van der Waals surface area (Å²) in [6.07, 6.45) is 0.900. The first-order valence-corrected chi connectivity index (χ1v) is 8.21. The van der Waals surface area contributed by atoms with Crippen molar-refractivity contribution < 1.29 is 27.8 Å². The van der Waals surface area contributed by atoms with Gasteiger partial charge in [0.1, 0.15) is 11.5 Å². The Balaban J connectivity index is 2.83. The Labute approximate surface area is 132 Å². The normalized spacial score (nSPS) is 11.1. The van der Waals surface area contributed by atoms with E-state index < -0.39 is 26.7 Å². The maximum Gasteiger partial charge on any atom is 0.354 e. The van der Waals surface area contributed by atoms with Gasteiger partial charge in [0.25, 0.3) is 0 Å². The summed E-state index contributed by atoms with van der Waals surface area (Å²) >= 11 is 0. The molecule has 0 aliphatic heterocycles. The Morgan fingerprint density at radius 1 is 1.13 bits per heavy atom. The summed E-state index contributed by atoms with van der Waals surface area (Å²) in [5.41, 5.74) is -0.0252. The van der Waals surface area contributed by atoms with Crippen LogP contribution in [0, 0.1) is 0 Å². The van der Waals surface area contributed by atoms with Gasteiger partial charge < -0.3 is 14.6 Å². The van der Waals surface area contributed by atoms with Crippen molar-refractivity contribution in [2.45, 2.75) is 5.16 Å². The molecule has 2 rings (SSSR count). The lowest BCUT2D eigenvalue weighted by atomic mass is 10.1. The van der Waals surface area contributed by atoms with E-state index in [1.54, 1.807) is 18.2 Å². The van der Waals surface area contributed by atoms with E-state index in [-0.39, 0.29) is 5.69 Å². The van der Waals surface area contributed by atoms with Gasteiger partial charge in [-0.3, -0.25) is 0 Å². The Morgan fingerprint density at radius 2 is 1.70 bits per heavy atom. The van der Waals surface area contributed by atoms with E-state index >= 15 is 0 Å². The molecule has 1 heterocycles. The van der Waals surface area contributed by atoms with Crippen LogP contribution in [-0.2, 0) is 9.84 Å². The van der Waals surface area contributed by atoms with E-state index in [0.29, 0.717) is 17.1 Å². The number of hydrogen-bond acceptors (Lipinski definition) is 7. The number of benzene rings is 1. The fraction of sp³-hybridized carbons (Fsp3) is 0.214. The molecule has 23 heavy (non-hydrogen) atoms. The predicted molar refractivity (Wildman–Crippen MR) is 80.6 cm³/mol. The van der Waals surface area contributed by atoms with Gasteiger partial charge in [0.2, 0.25) is 15.0 Å². The lowest BCUT2D eigenvalue weighted by Crippen LogP contribution is -2.11. The van der Waals surface area contributed by atoms with Gasteiger partial charge in [0, 0.05) is 6.26 Å². The molecule has 1 aromatic carbocycles. The Morgan fingerprint density at radius 3 is 2.13 bits per heavy atom. The topological polar surface area (TPSA) is 116 Å². The van der Waals surface area contributed by atoms with Crippen LogP contribution >= 0.6 is 0 Å². The monoisotopic (exact) mass is 338 g/mol. The van der Waals surface area contributed by atoms with Gasteiger partial charge in [-0.15, -0.1) is 0 Å². The number of nitrogens with zero attached hydrogens (tertiary/aromatic N) is 2. The third-order valence-corrected chi connectivity index (χ3v) is 3.79. The van der Waals surface area contributed by atoms with Gasteiger partial charge in [-0.25, -0.2) is 23.2 Å². The highest BCUT2D eigenvalue weighted by molar-refractivity contribution is 7.90. The summed E-state index contributed by atoms with van der Waals surface area (Å²) in [4.78, 5) is 18.7. The average molecular weight is 338 g/mol. The van der Waals surface area contributed by atoms with Crippen LogP contribution in [0.1, 0.15) is 10.5 Å². The smallest absolute Gasteiger partial charge is 0.354 e. The molecule has 9 heteroatoms. The summed E-state index contributed by atoms with van der Waals surface area (Å²) in [5.74, 6) is -0.648. The second-order valence-electron chi connectivity index (χ2n) is 4.54. The van der Waals surface area contributed by atoms with Gasteiger partial charge in [-0.05, 0) is 18.2 Å². The highest BCUT2D eigenvalue weighted by Gasteiger charge is 2.21. The maximum absolute atomic E-state index is 11.7. The molecular formula is C14H14N2O6S. The largest absolute Gasteiger partial charge is 0.496 e.